The van der Waals surface area contributed by atoms with Crippen LogP contribution in [0.25, 0.3) is 0 Å². The molecule has 0 aliphatic heterocycles. The summed E-state index contributed by atoms with van der Waals surface area (Å²) in [5, 5.41) is 7.46. The Balaban J connectivity index is 0. The molecule has 0 atom stereocenters. The predicted octanol–water partition coefficient (Wildman–Crippen LogP) is -0.190. The van der Waals surface area contributed by atoms with Crippen molar-refractivity contribution in [3.8, 4) is 0 Å². The molecule has 1 N–H and O–H groups in total. The molecule has 0 aliphatic rings. The van der Waals surface area contributed by atoms with Crippen molar-refractivity contribution in [1.29, 1.82) is 0 Å². The number of hydrogen-bond acceptors (Lipinski definition) is 1. The summed E-state index contributed by atoms with van der Waals surface area (Å²) < 4.78 is 0. The molecule has 0 aromatic rings. The van der Waals surface area contributed by atoms with Gasteiger partial charge in [0, 0.05) is 32.7 Å². The summed E-state index contributed by atoms with van der Waals surface area (Å²) in [5.41, 5.74) is 0. The van der Waals surface area contributed by atoms with Crippen LogP contribution in [0.4, 0.5) is 0 Å². The van der Waals surface area contributed by atoms with Gasteiger partial charge in [-0.05, 0) is 0 Å². The Labute approximate surface area is 51.3 Å². The smallest absolute Gasteiger partial charge is 0 e. The molecular formula is C2H5OY-. The summed E-state index contributed by atoms with van der Waals surface area (Å²) in [6, 6.07) is 0. The van der Waals surface area contributed by atoms with Crippen LogP contribution in [0.2, 0.25) is 0 Å². The minimum Gasteiger partial charge on any atom is -0.428 e. The van der Waals surface area contributed by atoms with Crippen LogP contribution in [-0.4, -0.2) is 11.7 Å². The Bertz CT molecular complexity index is 6.00. The standard InChI is InChI=1S/C2H5O.Y/c1-2-3;/h3H,1-2H2;/q-1;. The van der Waals surface area contributed by atoms with Gasteiger partial charge in [-0.25, -0.2) is 0 Å². The van der Waals surface area contributed by atoms with Crippen LogP contribution < -0.4 is 0 Å². The van der Waals surface area contributed by atoms with Gasteiger partial charge in [-0.15, -0.1) is 0 Å². The zero-order valence-electron chi connectivity index (χ0n) is 2.44. The molecule has 0 amide bonds. The quantitative estimate of drug-likeness (QED) is 0.455. The maximum Gasteiger partial charge on any atom is 0 e. The van der Waals surface area contributed by atoms with Crippen molar-refractivity contribution >= 4 is 0 Å². The normalized spacial score (nSPS) is 4.50. The number of aliphatic hydroxyl groups excluding tert-OH is 1. The molecule has 0 fully saturated rings. The second-order valence-corrected chi connectivity index (χ2v) is 0.224. The summed E-state index contributed by atoms with van der Waals surface area (Å²) in [7, 11) is 0. The van der Waals surface area contributed by atoms with E-state index in [9.17, 15) is 0 Å². The third-order valence-electron chi connectivity index (χ3n) is 0. The Morgan fingerprint density at radius 3 is 1.75 bits per heavy atom. The number of rotatable bonds is 0. The van der Waals surface area contributed by atoms with Crippen molar-refractivity contribution in [2.24, 2.45) is 0 Å². The van der Waals surface area contributed by atoms with E-state index in [0.29, 0.717) is 0 Å². The van der Waals surface area contributed by atoms with Gasteiger partial charge in [0.2, 0.25) is 0 Å². The molecule has 23 valence electrons. The molecule has 0 aliphatic carbocycles. The molecule has 0 rings (SSSR count). The molecule has 0 unspecified atom stereocenters. The van der Waals surface area contributed by atoms with Gasteiger partial charge in [-0.2, -0.15) is 0 Å². The van der Waals surface area contributed by atoms with Crippen molar-refractivity contribution in [2.75, 3.05) is 6.61 Å². The van der Waals surface area contributed by atoms with E-state index in [0.717, 1.165) is 0 Å². The SMILES string of the molecule is [CH2-]CO.[Y]. The minimum atomic E-state index is 0. The molecule has 1 nitrogen and oxygen atoms in total. The monoisotopic (exact) mass is 134 g/mol. The minimum absolute atomic E-state index is 0. The van der Waals surface area contributed by atoms with E-state index in [1.165, 1.54) is 0 Å². The third kappa shape index (κ3) is 11.5. The first kappa shape index (κ1) is 8.91. The largest absolute Gasteiger partial charge is 0.428 e. The van der Waals surface area contributed by atoms with Gasteiger partial charge in [0.1, 0.15) is 0 Å². The molecule has 1 radical (unpaired) electrons. The van der Waals surface area contributed by atoms with E-state index in [-0.39, 0.29) is 39.3 Å². The van der Waals surface area contributed by atoms with Crippen LogP contribution in [-0.2, 0) is 32.7 Å². The van der Waals surface area contributed by atoms with Crippen LogP contribution in [0.3, 0.4) is 0 Å². The second-order valence-electron chi connectivity index (χ2n) is 0.224. The van der Waals surface area contributed by atoms with E-state index in [1.54, 1.807) is 0 Å². The Hall–Kier alpha value is 1.06. The van der Waals surface area contributed by atoms with Crippen LogP contribution in [0.15, 0.2) is 0 Å². The zero-order chi connectivity index (χ0) is 2.71. The molecule has 0 heterocycles. The molecule has 0 aromatic carbocycles. The van der Waals surface area contributed by atoms with Gasteiger partial charge in [0.05, 0.1) is 0 Å². The zero-order valence-corrected chi connectivity index (χ0v) is 5.28. The van der Waals surface area contributed by atoms with Gasteiger partial charge in [-0.3, -0.25) is 0 Å². The van der Waals surface area contributed by atoms with Crippen LogP contribution in [0, 0.1) is 6.92 Å². The fourth-order valence-electron chi connectivity index (χ4n) is 0. The van der Waals surface area contributed by atoms with Gasteiger partial charge in [0.15, 0.2) is 0 Å². The van der Waals surface area contributed by atoms with Gasteiger partial charge in [-0.1, -0.05) is 6.61 Å². The van der Waals surface area contributed by atoms with Crippen molar-refractivity contribution < 1.29 is 37.8 Å². The van der Waals surface area contributed by atoms with Crippen LogP contribution >= 0.6 is 0 Å². The summed E-state index contributed by atoms with van der Waals surface area (Å²) in [5.74, 6) is 0. The van der Waals surface area contributed by atoms with Gasteiger partial charge in [0.25, 0.3) is 0 Å². The summed E-state index contributed by atoms with van der Waals surface area (Å²) in [6.45, 7) is 3.04. The first-order valence-electron chi connectivity index (χ1n) is 0.816. The number of aliphatic hydroxyl groups is 1. The Morgan fingerprint density at radius 2 is 1.75 bits per heavy atom. The van der Waals surface area contributed by atoms with Crippen molar-refractivity contribution in [3.05, 3.63) is 6.92 Å². The molecule has 0 bridgehead atoms. The van der Waals surface area contributed by atoms with E-state index in [2.05, 4.69) is 6.92 Å². The molecule has 4 heavy (non-hydrogen) atoms. The maximum absolute atomic E-state index is 7.46. The topological polar surface area (TPSA) is 20.2 Å². The molecule has 0 saturated heterocycles. The van der Waals surface area contributed by atoms with Crippen LogP contribution in [0.1, 0.15) is 0 Å². The van der Waals surface area contributed by atoms with E-state index in [4.69, 9.17) is 5.11 Å². The molecule has 0 aromatic heterocycles. The molecular weight excluding hydrogens is 129 g/mol. The Morgan fingerprint density at radius 1 is 1.75 bits per heavy atom. The van der Waals surface area contributed by atoms with E-state index < -0.39 is 0 Å². The van der Waals surface area contributed by atoms with Gasteiger partial charge < -0.3 is 12.0 Å². The summed E-state index contributed by atoms with van der Waals surface area (Å²) in [4.78, 5) is 0. The molecule has 0 spiro atoms. The van der Waals surface area contributed by atoms with Crippen molar-refractivity contribution in [3.63, 3.8) is 0 Å². The van der Waals surface area contributed by atoms with E-state index in [1.807, 2.05) is 0 Å². The number of hydrogen-bond donors (Lipinski definition) is 1. The Kier molecular flexibility index (Phi) is 19.9. The first-order chi connectivity index (χ1) is 1.41. The fourth-order valence-corrected chi connectivity index (χ4v) is 0. The van der Waals surface area contributed by atoms with E-state index >= 15 is 0 Å². The summed E-state index contributed by atoms with van der Waals surface area (Å²) >= 11 is 0. The average Bonchev–Trinajstić information content (AvgIpc) is 0.918. The average molecular weight is 134 g/mol. The van der Waals surface area contributed by atoms with Crippen molar-refractivity contribution in [1.82, 2.24) is 0 Å². The molecule has 0 saturated carbocycles. The van der Waals surface area contributed by atoms with Crippen LogP contribution in [0.5, 0.6) is 0 Å². The summed E-state index contributed by atoms with van der Waals surface area (Å²) in [6.07, 6.45) is 0. The third-order valence-corrected chi connectivity index (χ3v) is 0. The maximum atomic E-state index is 7.46. The first-order valence-corrected chi connectivity index (χ1v) is 0.816. The predicted molar refractivity (Wildman–Crippen MR) is 12.4 cm³/mol. The second kappa shape index (κ2) is 8.96. The fraction of sp³-hybridized carbons (Fsp3) is 0.500. The van der Waals surface area contributed by atoms with Gasteiger partial charge >= 0.3 is 0 Å². The van der Waals surface area contributed by atoms with Crippen molar-refractivity contribution in [2.45, 2.75) is 0 Å². The molecule has 2 heteroatoms.